The lowest BCUT2D eigenvalue weighted by Gasteiger charge is -2.29. The zero-order chi connectivity index (χ0) is 16.4. The number of halogens is 2. The zero-order valence-electron chi connectivity index (χ0n) is 12.5. The first-order chi connectivity index (χ1) is 11.0. The number of nitrogens with zero attached hydrogens (tertiary/aromatic N) is 1. The average molecular weight is 319 g/mol. The number of ether oxygens (including phenoxy) is 2. The lowest BCUT2D eigenvalue weighted by molar-refractivity contribution is 0.0520. The lowest BCUT2D eigenvalue weighted by atomic mass is 10.2. The van der Waals surface area contributed by atoms with E-state index in [0.29, 0.717) is 18.1 Å². The normalized spacial score (nSPS) is 16.0. The Kier molecular flexibility index (Phi) is 4.14. The van der Waals surface area contributed by atoms with Crippen molar-refractivity contribution in [3.05, 3.63) is 59.7 Å². The van der Waals surface area contributed by atoms with Gasteiger partial charge in [0.25, 0.3) is 5.91 Å². The maximum Gasteiger partial charge on any atom is 0.253 e. The molecular formula is C17H15F2NO3. The lowest BCUT2D eigenvalue weighted by Crippen LogP contribution is -2.41. The molecule has 1 unspecified atom stereocenters. The van der Waals surface area contributed by atoms with Crippen molar-refractivity contribution >= 4 is 5.91 Å². The Balaban J connectivity index is 1.67. The molecule has 1 aliphatic heterocycles. The summed E-state index contributed by atoms with van der Waals surface area (Å²) < 4.78 is 37.8. The summed E-state index contributed by atoms with van der Waals surface area (Å²) in [4.78, 5) is 13.6. The third kappa shape index (κ3) is 3.41. The highest BCUT2D eigenvalue weighted by Gasteiger charge is 2.24. The van der Waals surface area contributed by atoms with Crippen LogP contribution in [0.4, 0.5) is 8.78 Å². The van der Waals surface area contributed by atoms with Crippen molar-refractivity contribution in [2.24, 2.45) is 0 Å². The molecule has 2 aromatic carbocycles. The first-order valence-electron chi connectivity index (χ1n) is 7.13. The van der Waals surface area contributed by atoms with Crippen LogP contribution in [-0.2, 0) is 0 Å². The van der Waals surface area contributed by atoms with Gasteiger partial charge in [-0.25, -0.2) is 8.78 Å². The minimum Gasteiger partial charge on any atom is -0.486 e. The Morgan fingerprint density at radius 2 is 1.83 bits per heavy atom. The number of likely N-dealkylation sites (N-methyl/N-ethyl adjacent to an activating group) is 1. The van der Waals surface area contributed by atoms with Gasteiger partial charge in [0.05, 0.1) is 6.54 Å². The largest absolute Gasteiger partial charge is 0.486 e. The second kappa shape index (κ2) is 6.24. The van der Waals surface area contributed by atoms with E-state index >= 15 is 0 Å². The molecule has 120 valence electrons. The highest BCUT2D eigenvalue weighted by molar-refractivity contribution is 5.94. The van der Waals surface area contributed by atoms with Gasteiger partial charge in [0.1, 0.15) is 18.2 Å². The van der Waals surface area contributed by atoms with Crippen molar-refractivity contribution in [1.29, 1.82) is 0 Å². The molecule has 1 heterocycles. The van der Waals surface area contributed by atoms with Crippen LogP contribution < -0.4 is 9.47 Å². The molecule has 0 saturated heterocycles. The highest BCUT2D eigenvalue weighted by Crippen LogP contribution is 2.31. The first kappa shape index (κ1) is 15.3. The van der Waals surface area contributed by atoms with Gasteiger partial charge in [-0.1, -0.05) is 12.1 Å². The molecule has 0 N–H and O–H groups in total. The number of carbonyl (C=O) groups is 1. The van der Waals surface area contributed by atoms with Gasteiger partial charge in [-0.15, -0.1) is 0 Å². The summed E-state index contributed by atoms with van der Waals surface area (Å²) in [5.74, 6) is -0.780. The Morgan fingerprint density at radius 1 is 1.17 bits per heavy atom. The van der Waals surface area contributed by atoms with E-state index in [1.54, 1.807) is 19.2 Å². The Bertz CT molecular complexity index is 715. The molecule has 0 fully saturated rings. The van der Waals surface area contributed by atoms with Gasteiger partial charge in [0.15, 0.2) is 17.6 Å². The summed E-state index contributed by atoms with van der Waals surface area (Å²) in [6, 6.07) is 10.0. The molecular weight excluding hydrogens is 304 g/mol. The van der Waals surface area contributed by atoms with Gasteiger partial charge >= 0.3 is 0 Å². The van der Waals surface area contributed by atoms with E-state index in [1.165, 1.54) is 4.90 Å². The van der Waals surface area contributed by atoms with Gasteiger partial charge in [-0.2, -0.15) is 0 Å². The third-order valence-electron chi connectivity index (χ3n) is 3.50. The molecule has 1 aliphatic rings. The fourth-order valence-electron chi connectivity index (χ4n) is 2.44. The quantitative estimate of drug-likeness (QED) is 0.873. The number of carbonyl (C=O) groups excluding carboxylic acids is 1. The van der Waals surface area contributed by atoms with Crippen molar-refractivity contribution in [2.45, 2.75) is 6.10 Å². The summed E-state index contributed by atoms with van der Waals surface area (Å²) in [6.45, 7) is 0.539. The van der Waals surface area contributed by atoms with Crippen molar-refractivity contribution in [1.82, 2.24) is 4.90 Å². The van der Waals surface area contributed by atoms with Gasteiger partial charge in [-0.05, 0) is 24.3 Å². The average Bonchev–Trinajstić information content (AvgIpc) is 2.53. The van der Waals surface area contributed by atoms with E-state index in [9.17, 15) is 13.6 Å². The molecule has 1 amide bonds. The van der Waals surface area contributed by atoms with E-state index in [2.05, 4.69) is 0 Å². The SMILES string of the molecule is CN(CC1COc2ccccc2O1)C(=O)c1cc(F)cc(F)c1. The van der Waals surface area contributed by atoms with Crippen LogP contribution in [0, 0.1) is 11.6 Å². The predicted molar refractivity (Wildman–Crippen MR) is 79.7 cm³/mol. The maximum absolute atomic E-state index is 13.2. The molecule has 3 rings (SSSR count). The second-order valence-corrected chi connectivity index (χ2v) is 5.34. The first-order valence-corrected chi connectivity index (χ1v) is 7.13. The number of benzene rings is 2. The van der Waals surface area contributed by atoms with E-state index in [4.69, 9.17) is 9.47 Å². The van der Waals surface area contributed by atoms with Crippen molar-refractivity contribution < 1.29 is 23.0 Å². The van der Waals surface area contributed by atoms with E-state index in [0.717, 1.165) is 18.2 Å². The standard InChI is InChI=1S/C17H15F2NO3/c1-20(17(21)11-6-12(18)8-13(19)7-11)9-14-10-22-15-4-2-3-5-16(15)23-14/h2-8,14H,9-10H2,1H3. The topological polar surface area (TPSA) is 38.8 Å². The summed E-state index contributed by atoms with van der Waals surface area (Å²) in [5.41, 5.74) is -0.0397. The van der Waals surface area contributed by atoms with E-state index in [-0.39, 0.29) is 18.2 Å². The van der Waals surface area contributed by atoms with Crippen molar-refractivity contribution in [3.63, 3.8) is 0 Å². The third-order valence-corrected chi connectivity index (χ3v) is 3.50. The van der Waals surface area contributed by atoms with Crippen molar-refractivity contribution in [2.75, 3.05) is 20.2 Å². The Morgan fingerprint density at radius 3 is 2.52 bits per heavy atom. The minimum absolute atomic E-state index is 0.0397. The number of fused-ring (bicyclic) bond motifs is 1. The van der Waals surface area contributed by atoms with Gasteiger partial charge in [-0.3, -0.25) is 4.79 Å². The summed E-state index contributed by atoms with van der Waals surface area (Å²) in [6.07, 6.45) is -0.350. The van der Waals surface area contributed by atoms with Crippen LogP contribution in [0.3, 0.4) is 0 Å². The van der Waals surface area contributed by atoms with Gasteiger partial charge < -0.3 is 14.4 Å². The smallest absolute Gasteiger partial charge is 0.253 e. The molecule has 0 aromatic heterocycles. The maximum atomic E-state index is 13.2. The van der Waals surface area contributed by atoms with Gasteiger partial charge in [0, 0.05) is 18.7 Å². The fraction of sp³-hybridized carbons (Fsp3) is 0.235. The van der Waals surface area contributed by atoms with E-state index < -0.39 is 17.5 Å². The Labute approximate surface area is 132 Å². The monoisotopic (exact) mass is 319 g/mol. The van der Waals surface area contributed by atoms with Crippen LogP contribution in [0.25, 0.3) is 0 Å². The summed E-state index contributed by atoms with van der Waals surface area (Å²) in [7, 11) is 1.55. The van der Waals surface area contributed by atoms with Crippen LogP contribution >= 0.6 is 0 Å². The fourth-order valence-corrected chi connectivity index (χ4v) is 2.44. The summed E-state index contributed by atoms with van der Waals surface area (Å²) >= 11 is 0. The number of para-hydroxylation sites is 2. The molecule has 0 bridgehead atoms. The molecule has 0 spiro atoms. The van der Waals surface area contributed by atoms with Crippen LogP contribution in [0.5, 0.6) is 11.5 Å². The highest BCUT2D eigenvalue weighted by atomic mass is 19.1. The molecule has 0 radical (unpaired) electrons. The molecule has 1 atom stereocenters. The van der Waals surface area contributed by atoms with Crippen LogP contribution in [0.2, 0.25) is 0 Å². The van der Waals surface area contributed by atoms with Crippen molar-refractivity contribution in [3.8, 4) is 11.5 Å². The molecule has 6 heteroatoms. The molecule has 23 heavy (non-hydrogen) atoms. The zero-order valence-corrected chi connectivity index (χ0v) is 12.5. The van der Waals surface area contributed by atoms with E-state index in [1.807, 2.05) is 12.1 Å². The predicted octanol–water partition coefficient (Wildman–Crippen LogP) is 2.88. The minimum atomic E-state index is -0.784. The molecule has 2 aromatic rings. The molecule has 0 saturated carbocycles. The molecule has 4 nitrogen and oxygen atoms in total. The van der Waals surface area contributed by atoms with Crippen LogP contribution in [0.15, 0.2) is 42.5 Å². The van der Waals surface area contributed by atoms with Gasteiger partial charge in [0.2, 0.25) is 0 Å². The molecule has 0 aliphatic carbocycles. The number of hydrogen-bond donors (Lipinski definition) is 0. The Hall–Kier alpha value is -2.63. The number of hydrogen-bond acceptors (Lipinski definition) is 3. The number of rotatable bonds is 3. The second-order valence-electron chi connectivity index (χ2n) is 5.34. The summed E-state index contributed by atoms with van der Waals surface area (Å²) in [5, 5.41) is 0. The van der Waals surface area contributed by atoms with Crippen LogP contribution in [0.1, 0.15) is 10.4 Å². The van der Waals surface area contributed by atoms with Crippen LogP contribution in [-0.4, -0.2) is 37.1 Å². The number of amides is 1.